The van der Waals surface area contributed by atoms with E-state index < -0.39 is 46.4 Å². The van der Waals surface area contributed by atoms with Gasteiger partial charge in [-0.2, -0.15) is 0 Å². The number of aliphatic hydroxyl groups is 2. The highest BCUT2D eigenvalue weighted by molar-refractivity contribution is 6.04. The molecule has 4 aliphatic rings. The van der Waals surface area contributed by atoms with Gasteiger partial charge in [0.25, 0.3) is 0 Å². The Kier molecular flexibility index (Phi) is 4.23. The number of carbonyl (C=O) groups is 3. The Hall–Kier alpha value is -1.53. The second-order valence-corrected chi connectivity index (χ2v) is 9.98. The lowest BCUT2D eigenvalue weighted by atomic mass is 9.39. The third-order valence-electron chi connectivity index (χ3n) is 8.78. The standard InChI is InChI=1S/C22H30O6/c1-11-17-13(28-12(2)24)8-15-21(4)7-5-6-20(3,10-23)14(21)9-16(25)22(15,18(11)26)19(17)27/h10,13-17,19,25,27H,1,5-9H2,2-4H3/t13-,14+,15-,16+,17+,19+,20+,21+,22-/m0/s1. The van der Waals surface area contributed by atoms with E-state index in [1.165, 1.54) is 6.92 Å². The molecule has 4 aliphatic carbocycles. The van der Waals surface area contributed by atoms with Gasteiger partial charge in [0.15, 0.2) is 5.78 Å². The minimum atomic E-state index is -1.31. The van der Waals surface area contributed by atoms with E-state index in [9.17, 15) is 24.6 Å². The van der Waals surface area contributed by atoms with E-state index in [4.69, 9.17) is 4.74 Å². The Morgan fingerprint density at radius 3 is 2.50 bits per heavy atom. The van der Waals surface area contributed by atoms with Gasteiger partial charge in [0.2, 0.25) is 0 Å². The van der Waals surface area contributed by atoms with Gasteiger partial charge in [-0.3, -0.25) is 9.59 Å². The number of Topliss-reactive ketones (excluding diaryl/α,β-unsaturated/α-hetero) is 1. The molecule has 4 saturated carbocycles. The first-order valence-corrected chi connectivity index (χ1v) is 10.3. The number of rotatable bonds is 2. The van der Waals surface area contributed by atoms with Crippen LogP contribution in [0.2, 0.25) is 0 Å². The molecule has 1 spiro atoms. The fourth-order valence-electron chi connectivity index (χ4n) is 7.61. The predicted molar refractivity (Wildman–Crippen MR) is 100.0 cm³/mol. The molecule has 0 aliphatic heterocycles. The molecule has 0 aromatic rings. The summed E-state index contributed by atoms with van der Waals surface area (Å²) in [6, 6.07) is 0. The van der Waals surface area contributed by atoms with E-state index in [0.717, 1.165) is 25.5 Å². The van der Waals surface area contributed by atoms with Crippen LogP contribution < -0.4 is 0 Å². The summed E-state index contributed by atoms with van der Waals surface area (Å²) in [5.41, 5.74) is -2.06. The predicted octanol–water partition coefficient (Wildman–Crippen LogP) is 1.82. The van der Waals surface area contributed by atoms with Crippen LogP contribution in [0.15, 0.2) is 12.2 Å². The lowest BCUT2D eigenvalue weighted by Gasteiger charge is -2.65. The van der Waals surface area contributed by atoms with E-state index in [1.807, 2.05) is 6.92 Å². The van der Waals surface area contributed by atoms with Gasteiger partial charge in [-0.05, 0) is 48.5 Å². The SMILES string of the molecule is C=C1C(=O)[C@@]23[C@H](O)C[C@H]4[C@@](C)(CCC[C@]4(C)C=O)[C@@H]2C[C@H](OC(C)=O)[C@@H]1[C@H]3O. The van der Waals surface area contributed by atoms with Gasteiger partial charge in [-0.1, -0.05) is 26.8 Å². The maximum absolute atomic E-state index is 13.4. The van der Waals surface area contributed by atoms with Crippen LogP contribution in [0.25, 0.3) is 0 Å². The molecule has 154 valence electrons. The van der Waals surface area contributed by atoms with Crippen molar-refractivity contribution in [2.24, 2.45) is 34.0 Å². The molecule has 4 rings (SSSR count). The lowest BCUT2D eigenvalue weighted by molar-refractivity contribution is -0.238. The fraction of sp³-hybridized carbons (Fsp3) is 0.773. The van der Waals surface area contributed by atoms with E-state index in [2.05, 4.69) is 13.5 Å². The van der Waals surface area contributed by atoms with Crippen molar-refractivity contribution >= 4 is 18.0 Å². The zero-order chi connectivity index (χ0) is 20.6. The minimum Gasteiger partial charge on any atom is -0.462 e. The average molecular weight is 390 g/mol. The number of carbonyl (C=O) groups excluding carboxylic acids is 3. The molecular formula is C22H30O6. The smallest absolute Gasteiger partial charge is 0.302 e. The largest absolute Gasteiger partial charge is 0.462 e. The number of aldehydes is 1. The molecule has 6 heteroatoms. The van der Waals surface area contributed by atoms with E-state index in [0.29, 0.717) is 12.8 Å². The highest BCUT2D eigenvalue weighted by atomic mass is 16.5. The van der Waals surface area contributed by atoms with E-state index >= 15 is 0 Å². The van der Waals surface area contributed by atoms with E-state index in [-0.39, 0.29) is 23.2 Å². The van der Waals surface area contributed by atoms with Crippen LogP contribution in [0.3, 0.4) is 0 Å². The third kappa shape index (κ3) is 2.13. The van der Waals surface area contributed by atoms with Gasteiger partial charge >= 0.3 is 5.97 Å². The van der Waals surface area contributed by atoms with Crippen LogP contribution in [0.5, 0.6) is 0 Å². The van der Waals surface area contributed by atoms with Crippen molar-refractivity contribution in [3.8, 4) is 0 Å². The Morgan fingerprint density at radius 1 is 1.21 bits per heavy atom. The lowest BCUT2D eigenvalue weighted by Crippen LogP contribution is -2.68. The van der Waals surface area contributed by atoms with Crippen LogP contribution in [0, 0.1) is 34.0 Å². The van der Waals surface area contributed by atoms with Crippen LogP contribution >= 0.6 is 0 Å². The molecule has 2 bridgehead atoms. The summed E-state index contributed by atoms with van der Waals surface area (Å²) in [6.07, 6.45) is 1.29. The summed E-state index contributed by atoms with van der Waals surface area (Å²) in [6.45, 7) is 9.25. The number of esters is 1. The summed E-state index contributed by atoms with van der Waals surface area (Å²) in [5, 5.41) is 22.5. The maximum Gasteiger partial charge on any atom is 0.302 e. The summed E-state index contributed by atoms with van der Waals surface area (Å²) in [4.78, 5) is 37.1. The number of hydrogen-bond acceptors (Lipinski definition) is 6. The summed E-state index contributed by atoms with van der Waals surface area (Å²) in [7, 11) is 0. The number of ether oxygens (including phenoxy) is 1. The molecule has 0 unspecified atom stereocenters. The topological polar surface area (TPSA) is 101 Å². The van der Waals surface area contributed by atoms with Crippen molar-refractivity contribution in [3.63, 3.8) is 0 Å². The van der Waals surface area contributed by atoms with E-state index in [1.54, 1.807) is 0 Å². The van der Waals surface area contributed by atoms with Crippen molar-refractivity contribution in [2.45, 2.75) is 71.2 Å². The molecule has 9 atom stereocenters. The molecule has 0 heterocycles. The molecule has 0 radical (unpaired) electrons. The van der Waals surface area contributed by atoms with Crippen molar-refractivity contribution in [2.75, 3.05) is 0 Å². The second kappa shape index (κ2) is 5.99. The highest BCUT2D eigenvalue weighted by Gasteiger charge is 2.76. The van der Waals surface area contributed by atoms with Gasteiger partial charge in [-0.25, -0.2) is 0 Å². The molecule has 0 amide bonds. The molecule has 2 N–H and O–H groups in total. The number of hydrogen-bond donors (Lipinski definition) is 2. The second-order valence-electron chi connectivity index (χ2n) is 9.98. The molecule has 4 fully saturated rings. The number of ketones is 1. The van der Waals surface area contributed by atoms with Crippen LogP contribution in [-0.2, 0) is 19.1 Å². The maximum atomic E-state index is 13.4. The summed E-state index contributed by atoms with van der Waals surface area (Å²) < 4.78 is 5.53. The first-order chi connectivity index (χ1) is 13.0. The van der Waals surface area contributed by atoms with Gasteiger partial charge in [0.1, 0.15) is 12.4 Å². The Bertz CT molecular complexity index is 760. The first-order valence-electron chi connectivity index (χ1n) is 10.3. The van der Waals surface area contributed by atoms with Crippen molar-refractivity contribution in [1.29, 1.82) is 0 Å². The third-order valence-corrected chi connectivity index (χ3v) is 8.78. The molecule has 28 heavy (non-hydrogen) atoms. The number of aliphatic hydroxyl groups excluding tert-OH is 2. The van der Waals surface area contributed by atoms with Crippen molar-refractivity contribution < 1.29 is 29.3 Å². The van der Waals surface area contributed by atoms with Gasteiger partial charge in [-0.15, -0.1) is 0 Å². The average Bonchev–Trinajstić information content (AvgIpc) is 2.74. The summed E-state index contributed by atoms with van der Waals surface area (Å²) in [5.74, 6) is -1.91. The quantitative estimate of drug-likeness (QED) is 0.424. The molecule has 0 saturated heterocycles. The van der Waals surface area contributed by atoms with Crippen LogP contribution in [-0.4, -0.2) is 46.6 Å². The molecule has 6 nitrogen and oxygen atoms in total. The Labute approximate surface area is 165 Å². The highest BCUT2D eigenvalue weighted by Crippen LogP contribution is 2.71. The zero-order valence-corrected chi connectivity index (χ0v) is 16.8. The number of fused-ring (bicyclic) bond motifs is 3. The molecule has 0 aromatic carbocycles. The van der Waals surface area contributed by atoms with Crippen LogP contribution in [0.4, 0.5) is 0 Å². The van der Waals surface area contributed by atoms with Gasteiger partial charge in [0.05, 0.1) is 23.5 Å². The Morgan fingerprint density at radius 2 is 1.89 bits per heavy atom. The molecular weight excluding hydrogens is 360 g/mol. The van der Waals surface area contributed by atoms with Crippen LogP contribution in [0.1, 0.15) is 52.9 Å². The van der Waals surface area contributed by atoms with Gasteiger partial charge < -0.3 is 19.7 Å². The summed E-state index contributed by atoms with van der Waals surface area (Å²) >= 11 is 0. The minimum absolute atomic E-state index is 0.0970. The first kappa shape index (κ1) is 19.8. The van der Waals surface area contributed by atoms with Crippen molar-refractivity contribution in [1.82, 2.24) is 0 Å². The fourth-order valence-corrected chi connectivity index (χ4v) is 7.61. The van der Waals surface area contributed by atoms with Gasteiger partial charge in [0, 0.05) is 12.3 Å². The Balaban J connectivity index is 1.88. The monoisotopic (exact) mass is 390 g/mol. The molecule has 0 aromatic heterocycles. The normalized spacial score (nSPS) is 52.6. The van der Waals surface area contributed by atoms with Crippen molar-refractivity contribution in [3.05, 3.63) is 12.2 Å². The zero-order valence-electron chi connectivity index (χ0n) is 16.8.